The zero-order chi connectivity index (χ0) is 19.8. The molecule has 0 aliphatic carbocycles. The molecule has 2 aromatic carbocycles. The first-order valence-electron chi connectivity index (χ1n) is 9.72. The number of hydrogen-bond acceptors (Lipinski definition) is 3. The van der Waals surface area contributed by atoms with E-state index in [4.69, 9.17) is 0 Å². The van der Waals surface area contributed by atoms with Gasteiger partial charge in [0.1, 0.15) is 6.54 Å². The average Bonchev–Trinajstić information content (AvgIpc) is 3.03. The van der Waals surface area contributed by atoms with Gasteiger partial charge in [-0.3, -0.25) is 9.36 Å². The molecule has 1 heterocycles. The van der Waals surface area contributed by atoms with Crippen LogP contribution in [0.2, 0.25) is 0 Å². The molecule has 0 aliphatic heterocycles. The lowest BCUT2D eigenvalue weighted by Crippen LogP contribution is -2.34. The SMILES string of the molecule is CCCCNC(=O)Cn1nc(-c2ccccc2)n(CCc2ccccc2)c1=O. The normalized spacial score (nSPS) is 10.8. The van der Waals surface area contributed by atoms with E-state index in [1.807, 2.05) is 60.7 Å². The summed E-state index contributed by atoms with van der Waals surface area (Å²) in [5.41, 5.74) is 1.75. The molecule has 3 rings (SSSR count). The zero-order valence-electron chi connectivity index (χ0n) is 16.2. The second-order valence-corrected chi connectivity index (χ2v) is 6.72. The fourth-order valence-electron chi connectivity index (χ4n) is 3.03. The molecule has 0 unspecified atom stereocenters. The van der Waals surface area contributed by atoms with Crippen molar-refractivity contribution in [1.29, 1.82) is 0 Å². The number of hydrogen-bond donors (Lipinski definition) is 1. The van der Waals surface area contributed by atoms with Crippen molar-refractivity contribution in [3.63, 3.8) is 0 Å². The van der Waals surface area contributed by atoms with E-state index in [0.717, 1.165) is 30.4 Å². The van der Waals surface area contributed by atoms with E-state index in [2.05, 4.69) is 17.3 Å². The third-order valence-electron chi connectivity index (χ3n) is 4.57. The molecular formula is C22H26N4O2. The number of nitrogens with one attached hydrogen (secondary N) is 1. The van der Waals surface area contributed by atoms with Gasteiger partial charge in [-0.2, -0.15) is 0 Å². The van der Waals surface area contributed by atoms with Crippen LogP contribution in [-0.2, 0) is 24.3 Å². The number of amides is 1. The van der Waals surface area contributed by atoms with E-state index in [1.54, 1.807) is 4.57 Å². The molecule has 0 aliphatic rings. The van der Waals surface area contributed by atoms with Gasteiger partial charge in [-0.25, -0.2) is 9.48 Å². The minimum Gasteiger partial charge on any atom is -0.354 e. The minimum atomic E-state index is -0.263. The summed E-state index contributed by atoms with van der Waals surface area (Å²) < 4.78 is 2.91. The lowest BCUT2D eigenvalue weighted by atomic mass is 10.1. The van der Waals surface area contributed by atoms with E-state index < -0.39 is 0 Å². The van der Waals surface area contributed by atoms with Gasteiger partial charge >= 0.3 is 5.69 Å². The molecule has 1 amide bonds. The fraction of sp³-hybridized carbons (Fsp3) is 0.318. The van der Waals surface area contributed by atoms with Crippen LogP contribution in [-0.4, -0.2) is 26.8 Å². The summed E-state index contributed by atoms with van der Waals surface area (Å²) >= 11 is 0. The molecule has 0 fully saturated rings. The third kappa shape index (κ3) is 4.97. The summed E-state index contributed by atoms with van der Waals surface area (Å²) in [4.78, 5) is 25.1. The topological polar surface area (TPSA) is 68.9 Å². The number of aryl methyl sites for hydroxylation is 1. The van der Waals surface area contributed by atoms with Crippen LogP contribution in [0.5, 0.6) is 0 Å². The van der Waals surface area contributed by atoms with E-state index in [1.165, 1.54) is 4.68 Å². The van der Waals surface area contributed by atoms with Crippen molar-refractivity contribution in [3.8, 4) is 11.4 Å². The van der Waals surface area contributed by atoms with Crippen LogP contribution < -0.4 is 11.0 Å². The monoisotopic (exact) mass is 378 g/mol. The molecule has 0 spiro atoms. The van der Waals surface area contributed by atoms with Gasteiger partial charge in [0, 0.05) is 18.7 Å². The molecule has 0 atom stereocenters. The Morgan fingerprint density at radius 3 is 2.39 bits per heavy atom. The van der Waals surface area contributed by atoms with Crippen molar-refractivity contribution in [1.82, 2.24) is 19.7 Å². The molecule has 0 radical (unpaired) electrons. The first-order chi connectivity index (χ1) is 13.7. The molecule has 6 heteroatoms. The Labute approximate surface area is 164 Å². The summed E-state index contributed by atoms with van der Waals surface area (Å²) in [5, 5.41) is 7.30. The number of unbranched alkanes of at least 4 members (excludes halogenated alkanes) is 1. The van der Waals surface area contributed by atoms with Gasteiger partial charge in [0.05, 0.1) is 0 Å². The maximum Gasteiger partial charge on any atom is 0.346 e. The minimum absolute atomic E-state index is 0.0687. The van der Waals surface area contributed by atoms with Crippen molar-refractivity contribution in [2.75, 3.05) is 6.54 Å². The van der Waals surface area contributed by atoms with E-state index in [0.29, 0.717) is 18.9 Å². The van der Waals surface area contributed by atoms with E-state index in [9.17, 15) is 9.59 Å². The first kappa shape index (κ1) is 19.6. The molecule has 3 aromatic rings. The number of carbonyl (C=O) groups excluding carboxylic acids is 1. The fourth-order valence-corrected chi connectivity index (χ4v) is 3.03. The molecule has 28 heavy (non-hydrogen) atoms. The standard InChI is InChI=1S/C22H26N4O2/c1-2-3-15-23-20(27)17-26-22(28)25(16-14-18-10-6-4-7-11-18)21(24-26)19-12-8-5-9-13-19/h4-13H,2-3,14-17H2,1H3,(H,23,27). The third-order valence-corrected chi connectivity index (χ3v) is 4.57. The lowest BCUT2D eigenvalue weighted by Gasteiger charge is -2.06. The molecule has 0 saturated heterocycles. The molecule has 146 valence electrons. The summed E-state index contributed by atoms with van der Waals surface area (Å²) in [6, 6.07) is 19.6. The van der Waals surface area contributed by atoms with Gasteiger partial charge in [-0.15, -0.1) is 5.10 Å². The Morgan fingerprint density at radius 1 is 1.04 bits per heavy atom. The summed E-state index contributed by atoms with van der Waals surface area (Å²) in [6.45, 7) is 3.12. The van der Waals surface area contributed by atoms with Crippen LogP contribution in [0.1, 0.15) is 25.3 Å². The predicted molar refractivity (Wildman–Crippen MR) is 110 cm³/mol. The molecular weight excluding hydrogens is 352 g/mol. The van der Waals surface area contributed by atoms with Gasteiger partial charge in [-0.05, 0) is 18.4 Å². The molecule has 0 bridgehead atoms. The van der Waals surface area contributed by atoms with Crippen molar-refractivity contribution in [2.45, 2.75) is 39.3 Å². The van der Waals surface area contributed by atoms with Crippen molar-refractivity contribution in [3.05, 3.63) is 76.7 Å². The Morgan fingerprint density at radius 2 is 1.71 bits per heavy atom. The predicted octanol–water partition coefficient (Wildman–Crippen LogP) is 2.87. The number of aromatic nitrogens is 3. The molecule has 1 aromatic heterocycles. The zero-order valence-corrected chi connectivity index (χ0v) is 16.2. The Kier molecular flexibility index (Phi) is 6.78. The van der Waals surface area contributed by atoms with Crippen LogP contribution in [0.25, 0.3) is 11.4 Å². The second kappa shape index (κ2) is 9.69. The number of carbonyl (C=O) groups is 1. The van der Waals surface area contributed by atoms with Gasteiger partial charge in [-0.1, -0.05) is 74.0 Å². The quantitative estimate of drug-likeness (QED) is 0.582. The molecule has 1 N–H and O–H groups in total. The smallest absolute Gasteiger partial charge is 0.346 e. The van der Waals surface area contributed by atoms with Crippen molar-refractivity contribution in [2.24, 2.45) is 0 Å². The van der Waals surface area contributed by atoms with Crippen LogP contribution in [0.15, 0.2) is 65.5 Å². The van der Waals surface area contributed by atoms with Gasteiger partial charge in [0.15, 0.2) is 5.82 Å². The maximum absolute atomic E-state index is 12.9. The highest BCUT2D eigenvalue weighted by Gasteiger charge is 2.16. The first-order valence-corrected chi connectivity index (χ1v) is 9.72. The highest BCUT2D eigenvalue weighted by molar-refractivity contribution is 5.75. The van der Waals surface area contributed by atoms with Crippen molar-refractivity contribution >= 4 is 5.91 Å². The van der Waals surface area contributed by atoms with Gasteiger partial charge < -0.3 is 5.32 Å². The second-order valence-electron chi connectivity index (χ2n) is 6.72. The number of nitrogens with zero attached hydrogens (tertiary/aromatic N) is 3. The summed E-state index contributed by atoms with van der Waals surface area (Å²) in [7, 11) is 0. The highest BCUT2D eigenvalue weighted by Crippen LogP contribution is 2.15. The summed E-state index contributed by atoms with van der Waals surface area (Å²) in [5.74, 6) is 0.394. The molecule has 6 nitrogen and oxygen atoms in total. The number of rotatable bonds is 9. The lowest BCUT2D eigenvalue weighted by molar-refractivity contribution is -0.121. The molecule has 0 saturated carbocycles. The average molecular weight is 378 g/mol. The van der Waals surface area contributed by atoms with E-state index >= 15 is 0 Å². The van der Waals surface area contributed by atoms with Crippen LogP contribution in [0.4, 0.5) is 0 Å². The van der Waals surface area contributed by atoms with Gasteiger partial charge in [0.25, 0.3) is 0 Å². The number of benzene rings is 2. The maximum atomic E-state index is 12.9. The van der Waals surface area contributed by atoms with Crippen LogP contribution in [0.3, 0.4) is 0 Å². The Bertz CT molecular complexity index is 946. The van der Waals surface area contributed by atoms with E-state index in [-0.39, 0.29) is 18.1 Å². The van der Waals surface area contributed by atoms with Crippen LogP contribution >= 0.6 is 0 Å². The largest absolute Gasteiger partial charge is 0.354 e. The Hall–Kier alpha value is -3.15. The van der Waals surface area contributed by atoms with Crippen molar-refractivity contribution < 1.29 is 4.79 Å². The Balaban J connectivity index is 1.84. The highest BCUT2D eigenvalue weighted by atomic mass is 16.2. The van der Waals surface area contributed by atoms with Crippen LogP contribution in [0, 0.1) is 0 Å². The summed E-state index contributed by atoms with van der Waals surface area (Å²) in [6.07, 6.45) is 2.64. The van der Waals surface area contributed by atoms with Gasteiger partial charge in [0.2, 0.25) is 5.91 Å².